The van der Waals surface area contributed by atoms with Gasteiger partial charge >= 0.3 is 0 Å². The molecular formula is C31H26N2O3. The summed E-state index contributed by atoms with van der Waals surface area (Å²) in [6, 6.07) is 26.4. The molecule has 5 rings (SSSR count). The molecule has 0 fully saturated rings. The molecule has 1 amide bonds. The normalized spacial score (nSPS) is 11.4. The monoisotopic (exact) mass is 474 g/mol. The summed E-state index contributed by atoms with van der Waals surface area (Å²) in [5.41, 5.74) is 7.74. The Kier molecular flexibility index (Phi) is 6.63. The van der Waals surface area contributed by atoms with Crippen LogP contribution in [0.3, 0.4) is 0 Å². The molecule has 0 spiro atoms. The van der Waals surface area contributed by atoms with Gasteiger partial charge in [0.2, 0.25) is 5.91 Å². The summed E-state index contributed by atoms with van der Waals surface area (Å²) in [5.74, 6) is 0.480. The highest BCUT2D eigenvalue weighted by Gasteiger charge is 2.15. The number of benzene rings is 3. The molecule has 5 heteroatoms. The van der Waals surface area contributed by atoms with Crippen LogP contribution in [0.15, 0.2) is 108 Å². The van der Waals surface area contributed by atoms with Crippen molar-refractivity contribution in [3.8, 4) is 28.0 Å². The number of nitrogens with zero attached hydrogens (tertiary/aromatic N) is 1. The standard InChI is InChI=1S/C31H26N2O3/c1-21(16-31(34)33-19-22-12-14-32-15-13-22)26-17-27-28(20-36-30(27)18-29(26)35-2)25-10-8-24(9-11-25)23-6-4-3-5-7-23/h3-18,20H,19H2,1-2H3,(H,33,34)/b21-16+. The van der Waals surface area contributed by atoms with Gasteiger partial charge in [0, 0.05) is 47.6 Å². The molecule has 0 radical (unpaired) electrons. The zero-order valence-electron chi connectivity index (χ0n) is 20.2. The van der Waals surface area contributed by atoms with E-state index >= 15 is 0 Å². The van der Waals surface area contributed by atoms with Crippen LogP contribution < -0.4 is 10.1 Å². The van der Waals surface area contributed by atoms with Crippen molar-refractivity contribution in [3.63, 3.8) is 0 Å². The molecule has 2 aromatic heterocycles. The molecule has 1 N–H and O–H groups in total. The van der Waals surface area contributed by atoms with Crippen molar-refractivity contribution in [1.29, 1.82) is 0 Å². The van der Waals surface area contributed by atoms with Gasteiger partial charge in [0.05, 0.1) is 13.4 Å². The molecule has 0 aliphatic rings. The minimum Gasteiger partial charge on any atom is -0.496 e. The second-order valence-corrected chi connectivity index (χ2v) is 8.54. The first-order valence-electron chi connectivity index (χ1n) is 11.7. The number of furan rings is 1. The predicted octanol–water partition coefficient (Wildman–Crippen LogP) is 6.89. The van der Waals surface area contributed by atoms with Crippen LogP contribution in [0, 0.1) is 0 Å². The number of aromatic nitrogens is 1. The first-order valence-corrected chi connectivity index (χ1v) is 11.7. The Labute approximate surface area is 210 Å². The van der Waals surface area contributed by atoms with E-state index in [1.807, 2.05) is 49.4 Å². The van der Waals surface area contributed by atoms with Crippen molar-refractivity contribution in [2.75, 3.05) is 7.11 Å². The Morgan fingerprint density at radius 3 is 2.36 bits per heavy atom. The lowest BCUT2D eigenvalue weighted by Gasteiger charge is -2.10. The average Bonchev–Trinajstić information content (AvgIpc) is 3.35. The molecule has 5 aromatic rings. The summed E-state index contributed by atoms with van der Waals surface area (Å²) >= 11 is 0. The summed E-state index contributed by atoms with van der Waals surface area (Å²) in [6.45, 7) is 2.34. The summed E-state index contributed by atoms with van der Waals surface area (Å²) in [7, 11) is 1.62. The molecule has 36 heavy (non-hydrogen) atoms. The van der Waals surface area contributed by atoms with Gasteiger partial charge in [-0.3, -0.25) is 9.78 Å². The van der Waals surface area contributed by atoms with E-state index in [1.54, 1.807) is 31.8 Å². The number of nitrogens with one attached hydrogen (secondary N) is 1. The maximum atomic E-state index is 12.6. The molecule has 0 bridgehead atoms. The maximum Gasteiger partial charge on any atom is 0.244 e. The molecule has 0 unspecified atom stereocenters. The number of carbonyl (C=O) groups excluding carboxylic acids is 1. The number of pyridine rings is 1. The Morgan fingerprint density at radius 2 is 1.64 bits per heavy atom. The topological polar surface area (TPSA) is 64.4 Å². The molecule has 178 valence electrons. The predicted molar refractivity (Wildman–Crippen MR) is 143 cm³/mol. The van der Waals surface area contributed by atoms with E-state index in [9.17, 15) is 4.79 Å². The van der Waals surface area contributed by atoms with Crippen LogP contribution in [0.1, 0.15) is 18.1 Å². The largest absolute Gasteiger partial charge is 0.496 e. The van der Waals surface area contributed by atoms with Gasteiger partial charge in [0.15, 0.2) is 0 Å². The van der Waals surface area contributed by atoms with Gasteiger partial charge in [0.1, 0.15) is 11.3 Å². The lowest BCUT2D eigenvalue weighted by atomic mass is 9.97. The number of methoxy groups -OCH3 is 1. The molecule has 0 saturated heterocycles. The van der Waals surface area contributed by atoms with Crippen LogP contribution >= 0.6 is 0 Å². The van der Waals surface area contributed by atoms with E-state index in [2.05, 4.69) is 46.7 Å². The highest BCUT2D eigenvalue weighted by molar-refractivity contribution is 6.00. The van der Waals surface area contributed by atoms with Gasteiger partial charge in [-0.2, -0.15) is 0 Å². The van der Waals surface area contributed by atoms with E-state index in [-0.39, 0.29) is 5.91 Å². The highest BCUT2D eigenvalue weighted by Crippen LogP contribution is 2.37. The summed E-state index contributed by atoms with van der Waals surface area (Å²) < 4.78 is 11.5. The van der Waals surface area contributed by atoms with Crippen molar-refractivity contribution in [2.24, 2.45) is 0 Å². The fourth-order valence-electron chi connectivity index (χ4n) is 4.24. The van der Waals surface area contributed by atoms with E-state index in [1.165, 1.54) is 5.56 Å². The minimum atomic E-state index is -0.171. The Balaban J connectivity index is 1.43. The number of allylic oxidation sites excluding steroid dienone is 1. The highest BCUT2D eigenvalue weighted by atomic mass is 16.5. The van der Waals surface area contributed by atoms with Crippen LogP contribution in [0.4, 0.5) is 0 Å². The second kappa shape index (κ2) is 10.3. The molecule has 0 aliphatic carbocycles. The number of fused-ring (bicyclic) bond motifs is 1. The second-order valence-electron chi connectivity index (χ2n) is 8.54. The van der Waals surface area contributed by atoms with Gasteiger partial charge in [-0.05, 0) is 52.9 Å². The number of hydrogen-bond donors (Lipinski definition) is 1. The third-order valence-electron chi connectivity index (χ3n) is 6.19. The lowest BCUT2D eigenvalue weighted by Crippen LogP contribution is -2.20. The third-order valence-corrected chi connectivity index (χ3v) is 6.19. The number of carbonyl (C=O) groups is 1. The quantitative estimate of drug-likeness (QED) is 0.261. The fraction of sp³-hybridized carbons (Fsp3) is 0.0968. The summed E-state index contributed by atoms with van der Waals surface area (Å²) in [5, 5.41) is 3.88. The molecule has 0 saturated carbocycles. The molecule has 3 aromatic carbocycles. The summed E-state index contributed by atoms with van der Waals surface area (Å²) in [4.78, 5) is 16.6. The van der Waals surface area contributed by atoms with Gasteiger partial charge in [-0.15, -0.1) is 0 Å². The van der Waals surface area contributed by atoms with Gasteiger partial charge in [-0.25, -0.2) is 0 Å². The molecular weight excluding hydrogens is 448 g/mol. The maximum absolute atomic E-state index is 12.6. The van der Waals surface area contributed by atoms with E-state index in [4.69, 9.17) is 9.15 Å². The van der Waals surface area contributed by atoms with Crippen molar-refractivity contribution < 1.29 is 13.9 Å². The zero-order chi connectivity index (χ0) is 24.9. The SMILES string of the molecule is COc1cc2occ(-c3ccc(-c4ccccc4)cc3)c2cc1/C(C)=C/C(=O)NCc1ccncc1. The molecule has 0 atom stereocenters. The van der Waals surface area contributed by atoms with Crippen LogP contribution in [0.25, 0.3) is 38.8 Å². The van der Waals surface area contributed by atoms with E-state index in [0.717, 1.165) is 44.4 Å². The van der Waals surface area contributed by atoms with Crippen LogP contribution in [-0.4, -0.2) is 18.0 Å². The van der Waals surface area contributed by atoms with Crippen molar-refractivity contribution in [3.05, 3.63) is 115 Å². The smallest absolute Gasteiger partial charge is 0.244 e. The first-order chi connectivity index (χ1) is 17.6. The molecule has 0 aliphatic heterocycles. The third kappa shape index (κ3) is 4.91. The van der Waals surface area contributed by atoms with Crippen LogP contribution in [0.5, 0.6) is 5.75 Å². The van der Waals surface area contributed by atoms with Crippen LogP contribution in [-0.2, 0) is 11.3 Å². The lowest BCUT2D eigenvalue weighted by molar-refractivity contribution is -0.116. The van der Waals surface area contributed by atoms with Crippen molar-refractivity contribution >= 4 is 22.4 Å². The number of amides is 1. The van der Waals surface area contributed by atoms with Crippen molar-refractivity contribution in [2.45, 2.75) is 13.5 Å². The van der Waals surface area contributed by atoms with Gasteiger partial charge in [-0.1, -0.05) is 54.6 Å². The Bertz CT molecular complexity index is 1520. The summed E-state index contributed by atoms with van der Waals surface area (Å²) in [6.07, 6.45) is 6.78. The Morgan fingerprint density at radius 1 is 0.944 bits per heavy atom. The molecule has 5 nitrogen and oxygen atoms in total. The minimum absolute atomic E-state index is 0.171. The fourth-order valence-corrected chi connectivity index (χ4v) is 4.24. The van der Waals surface area contributed by atoms with E-state index in [0.29, 0.717) is 12.3 Å². The van der Waals surface area contributed by atoms with Gasteiger partial charge in [0.25, 0.3) is 0 Å². The van der Waals surface area contributed by atoms with Crippen LogP contribution in [0.2, 0.25) is 0 Å². The number of hydrogen-bond acceptors (Lipinski definition) is 4. The van der Waals surface area contributed by atoms with Gasteiger partial charge < -0.3 is 14.5 Å². The number of rotatable bonds is 7. The molecule has 2 heterocycles. The Hall–Kier alpha value is -4.64. The first kappa shape index (κ1) is 23.1. The average molecular weight is 475 g/mol. The number of ether oxygens (including phenoxy) is 1. The van der Waals surface area contributed by atoms with E-state index < -0.39 is 0 Å². The van der Waals surface area contributed by atoms with Crippen molar-refractivity contribution in [1.82, 2.24) is 10.3 Å². The zero-order valence-corrected chi connectivity index (χ0v) is 20.2.